The Kier molecular flexibility index (Phi) is 7.61. The summed E-state index contributed by atoms with van der Waals surface area (Å²) in [4.78, 5) is 38.3. The number of ketones is 1. The van der Waals surface area contributed by atoms with Crippen molar-refractivity contribution in [3.63, 3.8) is 0 Å². The summed E-state index contributed by atoms with van der Waals surface area (Å²) in [7, 11) is 0. The standard InChI is InChI=1S/C28H24O17/c1-7(29)16-11(30)2-8(3-12(16)31)43-28-24(39)23(38)25-15(44-28)6-42-26(40)9-4-13(32)19(34)21(36)17(9)18-10(27(41)45-25)5-14(33)20(35)22(18)37/h2-5,15,23-25,28,30-39H,6H2,1H3/t15-,23-,24-,25-,28-/m1/s1. The molecule has 0 aliphatic carbocycles. The molecular formula is C28H24O17. The number of ether oxygens (including phenoxy) is 4. The molecule has 0 saturated carbocycles. The SMILES string of the molecule is CC(=O)c1c(O)cc(O[C@@H]2O[C@@H]3COC(=O)c4cc(O)c(O)c(O)c4-c4c(cc(O)c(O)c4O)C(=O)O[C@H]3[C@H](O)[C@H]2O)cc1O. The number of phenols is 8. The number of carbonyl (C=O) groups excluding carboxylic acids is 3. The Morgan fingerprint density at radius 3 is 1.76 bits per heavy atom. The lowest BCUT2D eigenvalue weighted by molar-refractivity contribution is -0.276. The molecule has 2 aliphatic rings. The third-order valence-electron chi connectivity index (χ3n) is 7.14. The maximum absolute atomic E-state index is 13.4. The van der Waals surface area contributed by atoms with E-state index in [2.05, 4.69) is 0 Å². The van der Waals surface area contributed by atoms with Crippen molar-refractivity contribution in [2.24, 2.45) is 0 Å². The molecule has 0 aromatic heterocycles. The van der Waals surface area contributed by atoms with E-state index in [1.807, 2.05) is 0 Å². The first-order valence-electron chi connectivity index (χ1n) is 12.8. The Bertz CT molecular complexity index is 1720. The molecule has 0 radical (unpaired) electrons. The third kappa shape index (κ3) is 5.13. The van der Waals surface area contributed by atoms with Gasteiger partial charge in [0.05, 0.1) is 11.1 Å². The number of aromatic hydroxyl groups is 8. The van der Waals surface area contributed by atoms with Crippen molar-refractivity contribution >= 4 is 17.7 Å². The number of aliphatic hydroxyl groups excluding tert-OH is 2. The van der Waals surface area contributed by atoms with Gasteiger partial charge in [-0.1, -0.05) is 0 Å². The molecule has 0 unspecified atom stereocenters. The van der Waals surface area contributed by atoms with Crippen LogP contribution in [0.4, 0.5) is 0 Å². The highest BCUT2D eigenvalue weighted by Gasteiger charge is 2.49. The lowest BCUT2D eigenvalue weighted by Gasteiger charge is -2.41. The van der Waals surface area contributed by atoms with E-state index in [0.29, 0.717) is 12.1 Å². The largest absolute Gasteiger partial charge is 0.507 e. The predicted octanol–water partition coefficient (Wildman–Crippen LogP) is 0.422. The van der Waals surface area contributed by atoms with Gasteiger partial charge in [0.2, 0.25) is 17.8 Å². The van der Waals surface area contributed by atoms with E-state index >= 15 is 0 Å². The summed E-state index contributed by atoms with van der Waals surface area (Å²) in [5, 5.41) is 104. The summed E-state index contributed by atoms with van der Waals surface area (Å²) < 4.78 is 21.6. The van der Waals surface area contributed by atoms with Crippen LogP contribution >= 0.6 is 0 Å². The molecule has 17 nitrogen and oxygen atoms in total. The van der Waals surface area contributed by atoms with Crippen molar-refractivity contribution in [1.82, 2.24) is 0 Å². The van der Waals surface area contributed by atoms with Crippen LogP contribution in [0.25, 0.3) is 11.1 Å². The van der Waals surface area contributed by atoms with Gasteiger partial charge in [-0.05, 0) is 19.1 Å². The molecule has 5 atom stereocenters. The number of cyclic esters (lactones) is 1. The number of benzene rings is 3. The smallest absolute Gasteiger partial charge is 0.339 e. The minimum atomic E-state index is -2.07. The molecule has 0 spiro atoms. The Balaban J connectivity index is 1.59. The van der Waals surface area contributed by atoms with Gasteiger partial charge in [-0.2, -0.15) is 0 Å². The number of hydrogen-bond donors (Lipinski definition) is 10. The van der Waals surface area contributed by atoms with Gasteiger partial charge < -0.3 is 70.0 Å². The number of hydrogen-bond acceptors (Lipinski definition) is 17. The lowest BCUT2D eigenvalue weighted by atomic mass is 9.92. The van der Waals surface area contributed by atoms with Gasteiger partial charge in [0.1, 0.15) is 47.7 Å². The number of aliphatic hydroxyl groups is 2. The van der Waals surface area contributed by atoms with Crippen LogP contribution in [0, 0.1) is 0 Å². The van der Waals surface area contributed by atoms with Crippen LogP contribution < -0.4 is 4.74 Å². The van der Waals surface area contributed by atoms with E-state index in [1.54, 1.807) is 0 Å². The van der Waals surface area contributed by atoms with E-state index in [-0.39, 0.29) is 5.75 Å². The normalized spacial score (nSPS) is 23.0. The number of fused-ring (bicyclic) bond motifs is 4. The zero-order chi connectivity index (χ0) is 33.1. The zero-order valence-electron chi connectivity index (χ0n) is 22.7. The first kappa shape index (κ1) is 30.8. The second kappa shape index (κ2) is 11.1. The molecule has 238 valence electrons. The molecule has 2 aliphatic heterocycles. The molecule has 17 heteroatoms. The summed E-state index contributed by atoms with van der Waals surface area (Å²) in [5.74, 6) is -12.3. The van der Waals surface area contributed by atoms with Crippen molar-refractivity contribution in [3.05, 3.63) is 41.0 Å². The second-order valence-corrected chi connectivity index (χ2v) is 10.0. The average molecular weight is 632 g/mol. The van der Waals surface area contributed by atoms with Crippen LogP contribution in [0.15, 0.2) is 24.3 Å². The highest BCUT2D eigenvalue weighted by molar-refractivity contribution is 6.08. The van der Waals surface area contributed by atoms with Gasteiger partial charge in [-0.3, -0.25) is 4.79 Å². The van der Waals surface area contributed by atoms with Gasteiger partial charge in [0.15, 0.2) is 34.9 Å². The average Bonchev–Trinajstić information content (AvgIpc) is 2.98. The molecule has 10 N–H and O–H groups in total. The molecule has 3 aromatic rings. The molecule has 45 heavy (non-hydrogen) atoms. The van der Waals surface area contributed by atoms with Gasteiger partial charge in [-0.25, -0.2) is 9.59 Å². The topological polar surface area (TPSA) is 290 Å². The number of carbonyl (C=O) groups is 3. The fourth-order valence-corrected chi connectivity index (χ4v) is 4.97. The third-order valence-corrected chi connectivity index (χ3v) is 7.14. The van der Waals surface area contributed by atoms with Gasteiger partial charge >= 0.3 is 11.9 Å². The van der Waals surface area contributed by atoms with E-state index < -0.39 is 129 Å². The minimum Gasteiger partial charge on any atom is -0.507 e. The molecule has 0 bridgehead atoms. The number of esters is 2. The van der Waals surface area contributed by atoms with E-state index in [0.717, 1.165) is 19.1 Å². The summed E-state index contributed by atoms with van der Waals surface area (Å²) in [6, 6.07) is 2.98. The number of Topliss-reactive ketones (excluding diaryl/α,β-unsaturated/α-hetero) is 1. The van der Waals surface area contributed by atoms with Crippen LogP contribution in [-0.2, 0) is 14.2 Å². The zero-order valence-corrected chi connectivity index (χ0v) is 22.7. The number of phenolic OH excluding ortho intramolecular Hbond substituents is 8. The van der Waals surface area contributed by atoms with Crippen LogP contribution in [0.3, 0.4) is 0 Å². The maximum Gasteiger partial charge on any atom is 0.339 e. The predicted molar refractivity (Wildman–Crippen MR) is 142 cm³/mol. The Labute approximate surface area is 250 Å². The molecular weight excluding hydrogens is 608 g/mol. The van der Waals surface area contributed by atoms with Crippen molar-refractivity contribution in [2.75, 3.05) is 6.61 Å². The first-order valence-corrected chi connectivity index (χ1v) is 12.8. The Morgan fingerprint density at radius 2 is 1.24 bits per heavy atom. The Morgan fingerprint density at radius 1 is 0.733 bits per heavy atom. The van der Waals surface area contributed by atoms with E-state index in [1.165, 1.54) is 0 Å². The second-order valence-electron chi connectivity index (χ2n) is 10.0. The van der Waals surface area contributed by atoms with Gasteiger partial charge in [-0.15, -0.1) is 0 Å². The van der Waals surface area contributed by atoms with Crippen LogP contribution in [-0.4, -0.2) is 106 Å². The fraction of sp³-hybridized carbons (Fsp3) is 0.250. The Hall–Kier alpha value is -5.65. The summed E-state index contributed by atoms with van der Waals surface area (Å²) in [5.41, 5.74) is -3.73. The first-order chi connectivity index (χ1) is 21.1. The summed E-state index contributed by atoms with van der Waals surface area (Å²) in [6.07, 6.45) is -9.47. The van der Waals surface area contributed by atoms with Gasteiger partial charge in [0, 0.05) is 23.3 Å². The molecule has 3 aromatic carbocycles. The van der Waals surface area contributed by atoms with Crippen molar-refractivity contribution in [3.8, 4) is 62.9 Å². The minimum absolute atomic E-state index is 0.352. The molecule has 0 amide bonds. The monoisotopic (exact) mass is 632 g/mol. The van der Waals surface area contributed by atoms with Crippen molar-refractivity contribution in [2.45, 2.75) is 37.6 Å². The lowest BCUT2D eigenvalue weighted by Crippen LogP contribution is -2.61. The van der Waals surface area contributed by atoms with Crippen LogP contribution in [0.1, 0.15) is 38.0 Å². The summed E-state index contributed by atoms with van der Waals surface area (Å²) >= 11 is 0. The highest BCUT2D eigenvalue weighted by Crippen LogP contribution is 2.53. The van der Waals surface area contributed by atoms with Crippen molar-refractivity contribution in [1.29, 1.82) is 0 Å². The summed E-state index contributed by atoms with van der Waals surface area (Å²) in [6.45, 7) is 0.207. The van der Waals surface area contributed by atoms with Crippen LogP contribution in [0.2, 0.25) is 0 Å². The van der Waals surface area contributed by atoms with E-state index in [4.69, 9.17) is 18.9 Å². The quantitative estimate of drug-likeness (QED) is 0.106. The highest BCUT2D eigenvalue weighted by atomic mass is 16.7. The maximum atomic E-state index is 13.4. The molecule has 1 fully saturated rings. The van der Waals surface area contributed by atoms with Crippen LogP contribution in [0.5, 0.6) is 51.7 Å². The molecule has 2 heterocycles. The molecule has 5 rings (SSSR count). The van der Waals surface area contributed by atoms with E-state index in [9.17, 15) is 65.4 Å². The van der Waals surface area contributed by atoms with Crippen molar-refractivity contribution < 1.29 is 84.4 Å². The van der Waals surface area contributed by atoms with Gasteiger partial charge in [0.25, 0.3) is 0 Å². The fourth-order valence-electron chi connectivity index (χ4n) is 4.97. The number of rotatable bonds is 3. The molecule has 1 saturated heterocycles.